The molecule has 6 heteroatoms. The summed E-state index contributed by atoms with van der Waals surface area (Å²) in [6.07, 6.45) is 0. The third-order valence-electron chi connectivity index (χ3n) is 3.32. The van der Waals surface area contributed by atoms with Crippen molar-refractivity contribution in [2.24, 2.45) is 0 Å². The molecule has 1 N–H and O–H groups in total. The average molecular weight is 377 g/mol. The van der Waals surface area contributed by atoms with E-state index in [0.29, 0.717) is 35.0 Å². The summed E-state index contributed by atoms with van der Waals surface area (Å²) in [5, 5.41) is 3.32. The molecule has 0 spiro atoms. The van der Waals surface area contributed by atoms with Crippen LogP contribution in [0.1, 0.15) is 38.8 Å². The van der Waals surface area contributed by atoms with Crippen LogP contribution in [-0.2, 0) is 16.6 Å². The molecule has 4 nitrogen and oxygen atoms in total. The Kier molecular flexibility index (Phi) is 6.84. The molecule has 0 aliphatic heterocycles. The first kappa shape index (κ1) is 18.6. The molecule has 0 aliphatic carbocycles. The van der Waals surface area contributed by atoms with Gasteiger partial charge in [-0.25, -0.2) is 8.42 Å². The molecule has 0 unspecified atom stereocenters. The third-order valence-corrected chi connectivity index (χ3v) is 6.71. The fourth-order valence-corrected chi connectivity index (χ4v) is 4.61. The quantitative estimate of drug-likeness (QED) is 0.793. The first-order valence-corrected chi connectivity index (χ1v) is 9.49. The molecule has 120 valence electrons. The SMILES string of the molecule is CCN(CC)S(=O)(=O)c1cc(CNC(C)C)cc(C)c1Br. The minimum Gasteiger partial charge on any atom is -0.310 e. The van der Waals surface area contributed by atoms with Gasteiger partial charge in [0.1, 0.15) is 0 Å². The van der Waals surface area contributed by atoms with Crippen molar-refractivity contribution in [1.29, 1.82) is 0 Å². The lowest BCUT2D eigenvalue weighted by Gasteiger charge is -2.21. The highest BCUT2D eigenvalue weighted by Crippen LogP contribution is 2.29. The molecule has 0 radical (unpaired) electrons. The summed E-state index contributed by atoms with van der Waals surface area (Å²) in [7, 11) is -3.46. The smallest absolute Gasteiger partial charge is 0.244 e. The van der Waals surface area contributed by atoms with Crippen molar-refractivity contribution >= 4 is 26.0 Å². The average Bonchev–Trinajstić information content (AvgIpc) is 2.40. The molecule has 21 heavy (non-hydrogen) atoms. The van der Waals surface area contributed by atoms with Crippen LogP contribution in [0.2, 0.25) is 0 Å². The second-order valence-electron chi connectivity index (χ2n) is 5.35. The predicted octanol–water partition coefficient (Wildman–Crippen LogP) is 3.29. The summed E-state index contributed by atoms with van der Waals surface area (Å²) in [4.78, 5) is 0.353. The van der Waals surface area contributed by atoms with E-state index < -0.39 is 10.0 Å². The van der Waals surface area contributed by atoms with Gasteiger partial charge in [0.2, 0.25) is 10.0 Å². The van der Waals surface area contributed by atoms with Gasteiger partial charge >= 0.3 is 0 Å². The van der Waals surface area contributed by atoms with Crippen LogP contribution in [-0.4, -0.2) is 31.9 Å². The summed E-state index contributed by atoms with van der Waals surface area (Å²) < 4.78 is 27.6. The van der Waals surface area contributed by atoms with Crippen LogP contribution in [0, 0.1) is 6.92 Å². The van der Waals surface area contributed by atoms with Crippen LogP contribution >= 0.6 is 15.9 Å². The fourth-order valence-electron chi connectivity index (χ4n) is 2.12. The van der Waals surface area contributed by atoms with E-state index in [-0.39, 0.29) is 0 Å². The summed E-state index contributed by atoms with van der Waals surface area (Å²) in [5.74, 6) is 0. The van der Waals surface area contributed by atoms with E-state index in [2.05, 4.69) is 35.1 Å². The highest BCUT2D eigenvalue weighted by atomic mass is 79.9. The van der Waals surface area contributed by atoms with Gasteiger partial charge in [0.05, 0.1) is 4.90 Å². The van der Waals surface area contributed by atoms with Crippen molar-refractivity contribution in [3.05, 3.63) is 27.7 Å². The van der Waals surface area contributed by atoms with E-state index in [0.717, 1.165) is 11.1 Å². The topological polar surface area (TPSA) is 49.4 Å². The van der Waals surface area contributed by atoms with E-state index in [1.54, 1.807) is 6.07 Å². The highest BCUT2D eigenvalue weighted by Gasteiger charge is 2.25. The van der Waals surface area contributed by atoms with Crippen LogP contribution in [0.4, 0.5) is 0 Å². The van der Waals surface area contributed by atoms with Crippen LogP contribution < -0.4 is 5.32 Å². The zero-order valence-corrected chi connectivity index (χ0v) is 15.8. The van der Waals surface area contributed by atoms with Gasteiger partial charge in [0.15, 0.2) is 0 Å². The Morgan fingerprint density at radius 3 is 2.29 bits per heavy atom. The van der Waals surface area contributed by atoms with E-state index in [1.165, 1.54) is 4.31 Å². The summed E-state index contributed by atoms with van der Waals surface area (Å²) >= 11 is 3.43. The molecule has 0 aliphatic rings. The van der Waals surface area contributed by atoms with Crippen LogP contribution in [0.3, 0.4) is 0 Å². The number of nitrogens with one attached hydrogen (secondary N) is 1. The first-order chi connectivity index (χ1) is 9.73. The largest absolute Gasteiger partial charge is 0.310 e. The minimum absolute atomic E-state index is 0.353. The molecule has 1 rings (SSSR count). The summed E-state index contributed by atoms with van der Waals surface area (Å²) in [6.45, 7) is 11.4. The van der Waals surface area contributed by atoms with Crippen LogP contribution in [0.25, 0.3) is 0 Å². The van der Waals surface area contributed by atoms with Crippen molar-refractivity contribution in [2.75, 3.05) is 13.1 Å². The van der Waals surface area contributed by atoms with E-state index >= 15 is 0 Å². The number of rotatable bonds is 7. The maximum absolute atomic E-state index is 12.7. The molecule has 0 saturated carbocycles. The van der Waals surface area contributed by atoms with E-state index in [1.807, 2.05) is 26.8 Å². The summed E-state index contributed by atoms with van der Waals surface area (Å²) in [6, 6.07) is 4.14. The number of nitrogens with zero attached hydrogens (tertiary/aromatic N) is 1. The van der Waals surface area contributed by atoms with Gasteiger partial charge in [-0.3, -0.25) is 0 Å². The minimum atomic E-state index is -3.46. The Balaban J connectivity index is 3.28. The molecule has 1 aromatic rings. The Hall–Kier alpha value is -0.430. The van der Waals surface area contributed by atoms with Gasteiger partial charge in [-0.1, -0.05) is 33.8 Å². The number of aryl methyl sites for hydroxylation is 1. The molecule has 0 amide bonds. The maximum Gasteiger partial charge on any atom is 0.244 e. The van der Waals surface area contributed by atoms with Gasteiger partial charge in [0, 0.05) is 30.1 Å². The van der Waals surface area contributed by atoms with Crippen molar-refractivity contribution < 1.29 is 8.42 Å². The zero-order chi connectivity index (χ0) is 16.2. The molecular formula is C15H25BrN2O2S. The molecule has 0 heterocycles. The second kappa shape index (κ2) is 7.72. The van der Waals surface area contributed by atoms with Gasteiger partial charge in [-0.05, 0) is 40.0 Å². The third kappa shape index (κ3) is 4.52. The number of hydrogen-bond acceptors (Lipinski definition) is 3. The molecule has 0 saturated heterocycles. The molecule has 0 fully saturated rings. The number of benzene rings is 1. The first-order valence-electron chi connectivity index (χ1n) is 7.26. The van der Waals surface area contributed by atoms with Gasteiger partial charge in [0.25, 0.3) is 0 Å². The van der Waals surface area contributed by atoms with Crippen molar-refractivity contribution in [2.45, 2.75) is 52.1 Å². The Labute approximate surface area is 137 Å². The van der Waals surface area contributed by atoms with Gasteiger partial charge < -0.3 is 5.32 Å². The second-order valence-corrected chi connectivity index (χ2v) is 8.05. The lowest BCUT2D eigenvalue weighted by Crippen LogP contribution is -2.31. The van der Waals surface area contributed by atoms with Crippen LogP contribution in [0.5, 0.6) is 0 Å². The zero-order valence-electron chi connectivity index (χ0n) is 13.4. The predicted molar refractivity (Wildman–Crippen MR) is 91.0 cm³/mol. The lowest BCUT2D eigenvalue weighted by molar-refractivity contribution is 0.444. The highest BCUT2D eigenvalue weighted by molar-refractivity contribution is 9.10. The fraction of sp³-hybridized carbons (Fsp3) is 0.600. The Bertz CT molecular complexity index is 582. The van der Waals surface area contributed by atoms with E-state index in [9.17, 15) is 8.42 Å². The number of hydrogen-bond donors (Lipinski definition) is 1. The normalized spacial score (nSPS) is 12.4. The lowest BCUT2D eigenvalue weighted by atomic mass is 10.1. The Morgan fingerprint density at radius 1 is 1.24 bits per heavy atom. The molecule has 0 aromatic heterocycles. The standard InChI is InChI=1S/C15H25BrN2O2S/c1-6-18(7-2)21(19,20)14-9-13(10-17-11(3)4)8-12(5)15(14)16/h8-9,11,17H,6-7,10H2,1-5H3. The van der Waals surface area contributed by atoms with Crippen LogP contribution in [0.15, 0.2) is 21.5 Å². The van der Waals surface area contributed by atoms with Gasteiger partial charge in [-0.15, -0.1) is 0 Å². The molecule has 1 aromatic carbocycles. The number of sulfonamides is 1. The van der Waals surface area contributed by atoms with E-state index in [4.69, 9.17) is 0 Å². The monoisotopic (exact) mass is 376 g/mol. The maximum atomic E-state index is 12.7. The molecular weight excluding hydrogens is 352 g/mol. The molecule has 0 atom stereocenters. The van der Waals surface area contributed by atoms with Crippen molar-refractivity contribution in [1.82, 2.24) is 9.62 Å². The van der Waals surface area contributed by atoms with Crippen molar-refractivity contribution in [3.63, 3.8) is 0 Å². The summed E-state index contributed by atoms with van der Waals surface area (Å²) in [5.41, 5.74) is 1.92. The molecule has 0 bridgehead atoms. The number of halogens is 1. The van der Waals surface area contributed by atoms with Gasteiger partial charge in [-0.2, -0.15) is 4.31 Å². The Morgan fingerprint density at radius 2 is 1.81 bits per heavy atom. The van der Waals surface area contributed by atoms with Crippen molar-refractivity contribution in [3.8, 4) is 0 Å².